The summed E-state index contributed by atoms with van der Waals surface area (Å²) in [6, 6.07) is 13.9. The Morgan fingerprint density at radius 2 is 1.74 bits per heavy atom. The molecule has 8 heteroatoms. The van der Waals surface area contributed by atoms with E-state index in [9.17, 15) is 23.5 Å². The van der Waals surface area contributed by atoms with Gasteiger partial charge in [0.2, 0.25) is 5.91 Å². The van der Waals surface area contributed by atoms with Crippen LogP contribution < -0.4 is 20.5 Å². The smallest absolute Gasteiger partial charge is 0.387 e. The highest BCUT2D eigenvalue weighted by Crippen LogP contribution is 2.17. The second-order valence-electron chi connectivity index (χ2n) is 5.84. The van der Waals surface area contributed by atoms with Crippen molar-refractivity contribution in [2.24, 2.45) is 0 Å². The van der Waals surface area contributed by atoms with Crippen molar-refractivity contribution in [2.45, 2.75) is 25.5 Å². The van der Waals surface area contributed by atoms with E-state index in [1.807, 2.05) is 30.3 Å². The number of carbonyl (C=O) groups is 2. The van der Waals surface area contributed by atoms with E-state index in [0.29, 0.717) is 18.7 Å². The number of aliphatic carboxylic acids is 1. The van der Waals surface area contributed by atoms with Crippen molar-refractivity contribution >= 4 is 17.6 Å². The number of carboxylic acids is 1. The van der Waals surface area contributed by atoms with Gasteiger partial charge in [-0.1, -0.05) is 30.3 Å². The first kappa shape index (κ1) is 20.3. The lowest BCUT2D eigenvalue weighted by atomic mass is 10.1. The molecule has 0 unspecified atom stereocenters. The Balaban J connectivity index is 1.82. The summed E-state index contributed by atoms with van der Waals surface area (Å²) in [6.45, 7) is -2.43. The van der Waals surface area contributed by atoms with Gasteiger partial charge in [-0.25, -0.2) is 0 Å². The van der Waals surface area contributed by atoms with Crippen LogP contribution in [0, 0.1) is 0 Å². The van der Waals surface area contributed by atoms with E-state index in [1.54, 1.807) is 5.32 Å². The zero-order chi connectivity index (χ0) is 19.6. The second kappa shape index (κ2) is 10.2. The maximum absolute atomic E-state index is 12.1. The van der Waals surface area contributed by atoms with Crippen LogP contribution in [0.15, 0.2) is 54.6 Å². The van der Waals surface area contributed by atoms with E-state index in [2.05, 4.69) is 10.1 Å². The summed E-state index contributed by atoms with van der Waals surface area (Å²) in [5, 5.41) is 15.3. The molecule has 0 saturated carbocycles. The lowest BCUT2D eigenvalue weighted by Crippen LogP contribution is -2.93. The fourth-order valence-corrected chi connectivity index (χ4v) is 2.49. The molecule has 1 atom stereocenters. The predicted molar refractivity (Wildman–Crippen MR) is 92.1 cm³/mol. The van der Waals surface area contributed by atoms with Crippen molar-refractivity contribution in [3.8, 4) is 5.75 Å². The fraction of sp³-hybridized carbons (Fsp3) is 0.263. The van der Waals surface area contributed by atoms with Crippen LogP contribution in [0.1, 0.15) is 12.0 Å². The SMILES string of the molecule is O=C(C[C@@H]([NH2+]CCc1ccccc1)C(=O)[O-])Nc1ccc(OC(F)F)cc1. The van der Waals surface area contributed by atoms with Crippen molar-refractivity contribution in [3.63, 3.8) is 0 Å². The molecule has 0 aromatic heterocycles. The topological polar surface area (TPSA) is 95.1 Å². The average Bonchev–Trinajstić information content (AvgIpc) is 2.63. The van der Waals surface area contributed by atoms with Crippen LogP contribution >= 0.6 is 0 Å². The number of alkyl halides is 2. The number of nitrogens with two attached hydrogens (primary N) is 1. The summed E-state index contributed by atoms with van der Waals surface area (Å²) in [4.78, 5) is 23.3. The number of quaternary nitrogens is 1. The fourth-order valence-electron chi connectivity index (χ4n) is 2.49. The molecule has 27 heavy (non-hydrogen) atoms. The number of rotatable bonds is 10. The van der Waals surface area contributed by atoms with Crippen molar-refractivity contribution in [3.05, 3.63) is 60.2 Å². The van der Waals surface area contributed by atoms with Gasteiger partial charge in [-0.15, -0.1) is 0 Å². The molecule has 1 amide bonds. The monoisotopic (exact) mass is 378 g/mol. The molecule has 6 nitrogen and oxygen atoms in total. The first-order valence-electron chi connectivity index (χ1n) is 8.37. The number of hydrogen-bond acceptors (Lipinski definition) is 4. The summed E-state index contributed by atoms with van der Waals surface area (Å²) in [5.41, 5.74) is 1.42. The van der Waals surface area contributed by atoms with Crippen molar-refractivity contribution < 1.29 is 33.5 Å². The van der Waals surface area contributed by atoms with Gasteiger partial charge < -0.3 is 25.3 Å². The Morgan fingerprint density at radius 3 is 2.33 bits per heavy atom. The van der Waals surface area contributed by atoms with E-state index >= 15 is 0 Å². The van der Waals surface area contributed by atoms with E-state index in [-0.39, 0.29) is 12.2 Å². The van der Waals surface area contributed by atoms with E-state index in [1.165, 1.54) is 24.3 Å². The minimum atomic E-state index is -2.93. The zero-order valence-electron chi connectivity index (χ0n) is 14.4. The number of carboxylic acid groups (broad SMARTS) is 1. The summed E-state index contributed by atoms with van der Waals surface area (Å²) in [5.74, 6) is -1.87. The van der Waals surface area contributed by atoms with E-state index < -0.39 is 24.5 Å². The molecule has 0 radical (unpaired) electrons. The van der Waals surface area contributed by atoms with Gasteiger partial charge in [0.15, 0.2) is 0 Å². The van der Waals surface area contributed by atoms with Crippen LogP contribution in [-0.2, 0) is 16.0 Å². The van der Waals surface area contributed by atoms with Crippen molar-refractivity contribution in [1.29, 1.82) is 0 Å². The Morgan fingerprint density at radius 1 is 1.07 bits per heavy atom. The van der Waals surface area contributed by atoms with E-state index in [4.69, 9.17) is 0 Å². The van der Waals surface area contributed by atoms with Gasteiger partial charge in [0, 0.05) is 12.1 Å². The van der Waals surface area contributed by atoms with Crippen LogP contribution in [0.25, 0.3) is 0 Å². The maximum atomic E-state index is 12.1. The molecule has 144 valence electrons. The number of nitrogens with one attached hydrogen (secondary N) is 1. The van der Waals surface area contributed by atoms with Gasteiger partial charge in [-0.05, 0) is 29.8 Å². The summed E-state index contributed by atoms with van der Waals surface area (Å²) < 4.78 is 28.4. The highest BCUT2D eigenvalue weighted by molar-refractivity contribution is 5.93. The molecule has 3 N–H and O–H groups in total. The molecule has 0 fully saturated rings. The van der Waals surface area contributed by atoms with Crippen LogP contribution in [0.2, 0.25) is 0 Å². The van der Waals surface area contributed by atoms with Gasteiger partial charge in [-0.2, -0.15) is 8.78 Å². The van der Waals surface area contributed by atoms with Crippen LogP contribution in [0.3, 0.4) is 0 Å². The largest absolute Gasteiger partial charge is 0.544 e. The first-order chi connectivity index (χ1) is 12.9. The minimum absolute atomic E-state index is 0.0372. The molecule has 0 spiro atoms. The molecule has 2 aromatic carbocycles. The molecule has 2 rings (SSSR count). The van der Waals surface area contributed by atoms with Gasteiger partial charge in [0.25, 0.3) is 0 Å². The number of ether oxygens (including phenoxy) is 1. The molecule has 2 aromatic rings. The molecule has 0 saturated heterocycles. The number of hydrogen-bond donors (Lipinski definition) is 2. The van der Waals surface area contributed by atoms with Crippen LogP contribution in [0.5, 0.6) is 5.75 Å². The standard InChI is InChI=1S/C19H20F2N2O4/c20-19(21)27-15-8-6-14(7-9-15)23-17(24)12-16(18(25)26)22-11-10-13-4-2-1-3-5-13/h1-9,16,19,22H,10-12H2,(H,23,24)(H,25,26)/t16-/m1/s1. The molecular formula is C19H20F2N2O4. The number of halogens is 2. The number of amides is 1. The summed E-state index contributed by atoms with van der Waals surface area (Å²) in [7, 11) is 0. The lowest BCUT2D eigenvalue weighted by Gasteiger charge is -2.16. The Bertz CT molecular complexity index is 739. The summed E-state index contributed by atoms with van der Waals surface area (Å²) in [6.07, 6.45) is 0.393. The Kier molecular flexibility index (Phi) is 7.69. The zero-order valence-corrected chi connectivity index (χ0v) is 14.4. The van der Waals surface area contributed by atoms with Gasteiger partial charge in [0.1, 0.15) is 11.8 Å². The molecule has 0 aliphatic rings. The number of carbonyl (C=O) groups excluding carboxylic acids is 2. The third-order valence-corrected chi connectivity index (χ3v) is 3.80. The highest BCUT2D eigenvalue weighted by atomic mass is 19.3. The molecular weight excluding hydrogens is 358 g/mol. The quantitative estimate of drug-likeness (QED) is 0.631. The predicted octanol–water partition coefficient (Wildman–Crippen LogP) is 0.541. The average molecular weight is 378 g/mol. The summed E-state index contributed by atoms with van der Waals surface area (Å²) >= 11 is 0. The van der Waals surface area contributed by atoms with Gasteiger partial charge in [-0.3, -0.25) is 4.79 Å². The Labute approximate surface area is 155 Å². The van der Waals surface area contributed by atoms with E-state index in [0.717, 1.165) is 5.56 Å². The van der Waals surface area contributed by atoms with Crippen LogP contribution in [-0.4, -0.2) is 31.1 Å². The third kappa shape index (κ3) is 7.41. The first-order valence-corrected chi connectivity index (χ1v) is 8.37. The minimum Gasteiger partial charge on any atom is -0.544 e. The Hall–Kier alpha value is -3.00. The molecule has 0 aliphatic carbocycles. The lowest BCUT2D eigenvalue weighted by molar-refractivity contribution is -0.682. The maximum Gasteiger partial charge on any atom is 0.387 e. The van der Waals surface area contributed by atoms with Gasteiger partial charge >= 0.3 is 6.61 Å². The molecule has 0 aliphatic heterocycles. The van der Waals surface area contributed by atoms with Crippen LogP contribution in [0.4, 0.5) is 14.5 Å². The van der Waals surface area contributed by atoms with Crippen molar-refractivity contribution in [2.75, 3.05) is 11.9 Å². The molecule has 0 bridgehead atoms. The number of benzene rings is 2. The highest BCUT2D eigenvalue weighted by Gasteiger charge is 2.18. The molecule has 0 heterocycles. The van der Waals surface area contributed by atoms with Gasteiger partial charge in [0.05, 0.1) is 18.9 Å². The third-order valence-electron chi connectivity index (χ3n) is 3.80. The van der Waals surface area contributed by atoms with Crippen molar-refractivity contribution in [1.82, 2.24) is 0 Å². The normalized spacial score (nSPS) is 11.8. The number of anilines is 1. The second-order valence-corrected chi connectivity index (χ2v) is 5.84.